The van der Waals surface area contributed by atoms with Crippen molar-refractivity contribution in [2.24, 2.45) is 0 Å². The van der Waals surface area contributed by atoms with Gasteiger partial charge in [-0.2, -0.15) is 4.98 Å². The Balaban J connectivity index is 1.43. The lowest BCUT2D eigenvalue weighted by Gasteiger charge is -2.21. The van der Waals surface area contributed by atoms with Gasteiger partial charge in [0.2, 0.25) is 5.89 Å². The molecule has 1 fully saturated rings. The maximum Gasteiger partial charge on any atom is 0.296 e. The van der Waals surface area contributed by atoms with Crippen LogP contribution in [0.3, 0.4) is 0 Å². The molecule has 142 valence electrons. The summed E-state index contributed by atoms with van der Waals surface area (Å²) < 4.78 is 11.3. The van der Waals surface area contributed by atoms with E-state index in [-0.39, 0.29) is 6.10 Å². The number of ether oxygens (including phenoxy) is 1. The average Bonchev–Trinajstić information content (AvgIpc) is 3.38. The van der Waals surface area contributed by atoms with Crippen molar-refractivity contribution in [2.45, 2.75) is 38.2 Å². The zero-order valence-corrected chi connectivity index (χ0v) is 15.9. The number of aromatic nitrogens is 4. The Morgan fingerprint density at radius 2 is 1.82 bits per heavy atom. The number of imidazole rings is 1. The number of aromatic amines is 1. The number of nitrogens with zero attached hydrogens (tertiary/aromatic N) is 3. The Labute approximate surface area is 166 Å². The number of hydrogen-bond donors (Lipinski definition) is 1. The molecule has 0 saturated heterocycles. The number of hydrogen-bond acceptors (Lipinski definition) is 5. The summed E-state index contributed by atoms with van der Waals surface area (Å²) in [6, 6.07) is 10.1. The van der Waals surface area contributed by atoms with Gasteiger partial charge in [-0.1, -0.05) is 30.2 Å². The molecule has 6 nitrogen and oxygen atoms in total. The molecule has 0 aliphatic heterocycles. The highest BCUT2D eigenvalue weighted by molar-refractivity contribution is 6.33. The van der Waals surface area contributed by atoms with E-state index in [1.165, 1.54) is 19.3 Å². The first-order valence-corrected chi connectivity index (χ1v) is 9.87. The smallest absolute Gasteiger partial charge is 0.296 e. The minimum absolute atomic E-state index is 0.229. The first-order chi connectivity index (χ1) is 13.8. The number of halogens is 1. The zero-order valence-electron chi connectivity index (χ0n) is 15.2. The molecule has 0 unspecified atom stereocenters. The van der Waals surface area contributed by atoms with Crippen molar-refractivity contribution in [1.82, 2.24) is 19.9 Å². The van der Waals surface area contributed by atoms with E-state index in [0.29, 0.717) is 28.3 Å². The van der Waals surface area contributed by atoms with E-state index in [2.05, 4.69) is 19.9 Å². The van der Waals surface area contributed by atoms with Gasteiger partial charge < -0.3 is 14.1 Å². The van der Waals surface area contributed by atoms with Gasteiger partial charge in [-0.15, -0.1) is 0 Å². The summed E-state index contributed by atoms with van der Waals surface area (Å²) >= 11 is 6.50. The van der Waals surface area contributed by atoms with Crippen LogP contribution in [0.25, 0.3) is 33.9 Å². The van der Waals surface area contributed by atoms with Gasteiger partial charge in [-0.25, -0.2) is 9.97 Å². The fourth-order valence-corrected chi connectivity index (χ4v) is 3.89. The SMILES string of the molecule is Clc1cc2[nH]c(OC3CCCCC3)nc2nc1-c1ccc(-c2ncco2)cc1. The molecule has 1 aliphatic rings. The lowest BCUT2D eigenvalue weighted by molar-refractivity contribution is 0.143. The predicted molar refractivity (Wildman–Crippen MR) is 107 cm³/mol. The minimum Gasteiger partial charge on any atom is -0.461 e. The third-order valence-electron chi connectivity index (χ3n) is 5.07. The predicted octanol–water partition coefficient (Wildman–Crippen LogP) is 5.64. The van der Waals surface area contributed by atoms with Crippen LogP contribution in [0.15, 0.2) is 47.2 Å². The summed E-state index contributed by atoms with van der Waals surface area (Å²) in [7, 11) is 0. The second kappa shape index (κ2) is 7.28. The van der Waals surface area contributed by atoms with E-state index in [1.807, 2.05) is 30.3 Å². The molecule has 7 heteroatoms. The van der Waals surface area contributed by atoms with E-state index in [1.54, 1.807) is 12.5 Å². The number of nitrogens with one attached hydrogen (secondary N) is 1. The van der Waals surface area contributed by atoms with Crippen LogP contribution in [0.1, 0.15) is 32.1 Å². The van der Waals surface area contributed by atoms with Crippen LogP contribution < -0.4 is 4.74 Å². The molecule has 1 N–H and O–H groups in total. The molecule has 0 bridgehead atoms. The summed E-state index contributed by atoms with van der Waals surface area (Å²) in [5.74, 6) is 0.581. The molecule has 0 amide bonds. The molecule has 1 aromatic carbocycles. The summed E-state index contributed by atoms with van der Waals surface area (Å²) in [6.07, 6.45) is 9.27. The molecule has 4 aromatic rings. The standard InChI is InChI=1S/C21H19ClN4O2/c22-16-12-17-19(26-21(24-17)28-15-4-2-1-3-5-15)25-18(16)13-6-8-14(9-7-13)20-23-10-11-27-20/h6-12,15H,1-5H2,(H,24,25,26). The third-order valence-corrected chi connectivity index (χ3v) is 5.36. The Hall–Kier alpha value is -2.86. The van der Waals surface area contributed by atoms with E-state index in [0.717, 1.165) is 29.5 Å². The van der Waals surface area contributed by atoms with Gasteiger partial charge in [0.1, 0.15) is 12.4 Å². The van der Waals surface area contributed by atoms with Crippen molar-refractivity contribution < 1.29 is 9.15 Å². The van der Waals surface area contributed by atoms with Crippen molar-refractivity contribution in [1.29, 1.82) is 0 Å². The molecule has 0 atom stereocenters. The monoisotopic (exact) mass is 394 g/mol. The zero-order chi connectivity index (χ0) is 18.9. The molecule has 3 heterocycles. The average molecular weight is 395 g/mol. The van der Waals surface area contributed by atoms with Crippen molar-refractivity contribution in [3.63, 3.8) is 0 Å². The number of rotatable bonds is 4. The van der Waals surface area contributed by atoms with Crippen molar-refractivity contribution in [3.8, 4) is 28.7 Å². The van der Waals surface area contributed by atoms with Crippen molar-refractivity contribution >= 4 is 22.8 Å². The normalized spacial score (nSPS) is 15.2. The fraction of sp³-hybridized carbons (Fsp3) is 0.286. The Kier molecular flexibility index (Phi) is 4.49. The van der Waals surface area contributed by atoms with Crippen LogP contribution in [0.5, 0.6) is 6.01 Å². The van der Waals surface area contributed by atoms with Crippen LogP contribution in [-0.2, 0) is 0 Å². The van der Waals surface area contributed by atoms with Gasteiger partial charge >= 0.3 is 0 Å². The number of oxazole rings is 1. The molecule has 3 aromatic heterocycles. The van der Waals surface area contributed by atoms with E-state index < -0.39 is 0 Å². The van der Waals surface area contributed by atoms with Crippen LogP contribution in [0.4, 0.5) is 0 Å². The summed E-state index contributed by atoms with van der Waals surface area (Å²) in [6.45, 7) is 0. The molecular formula is C21H19ClN4O2. The quantitative estimate of drug-likeness (QED) is 0.484. The highest BCUT2D eigenvalue weighted by Gasteiger charge is 2.18. The molecule has 28 heavy (non-hydrogen) atoms. The first kappa shape index (κ1) is 17.3. The topological polar surface area (TPSA) is 76.8 Å². The van der Waals surface area contributed by atoms with E-state index in [9.17, 15) is 0 Å². The number of benzene rings is 1. The Morgan fingerprint density at radius 3 is 2.57 bits per heavy atom. The van der Waals surface area contributed by atoms with Gasteiger partial charge in [-0.3, -0.25) is 0 Å². The van der Waals surface area contributed by atoms with Crippen LogP contribution in [0, 0.1) is 0 Å². The van der Waals surface area contributed by atoms with Gasteiger partial charge in [0.25, 0.3) is 6.01 Å². The largest absolute Gasteiger partial charge is 0.461 e. The second-order valence-electron chi connectivity index (χ2n) is 7.02. The molecule has 1 saturated carbocycles. The van der Waals surface area contributed by atoms with E-state index in [4.69, 9.17) is 20.8 Å². The van der Waals surface area contributed by atoms with Gasteiger partial charge in [0, 0.05) is 11.1 Å². The van der Waals surface area contributed by atoms with Gasteiger partial charge in [0.05, 0.1) is 22.4 Å². The molecule has 5 rings (SSSR count). The summed E-state index contributed by atoms with van der Waals surface area (Å²) in [5, 5.41) is 0.559. The highest BCUT2D eigenvalue weighted by atomic mass is 35.5. The summed E-state index contributed by atoms with van der Waals surface area (Å²) in [4.78, 5) is 16.5. The van der Waals surface area contributed by atoms with Crippen molar-refractivity contribution in [2.75, 3.05) is 0 Å². The van der Waals surface area contributed by atoms with Gasteiger partial charge in [-0.05, 0) is 43.9 Å². The Morgan fingerprint density at radius 1 is 1.04 bits per heavy atom. The van der Waals surface area contributed by atoms with Crippen molar-refractivity contribution in [3.05, 3.63) is 47.8 Å². The fourth-order valence-electron chi connectivity index (χ4n) is 3.63. The highest BCUT2D eigenvalue weighted by Crippen LogP contribution is 2.31. The summed E-state index contributed by atoms with van der Waals surface area (Å²) in [5.41, 5.74) is 3.86. The Bertz CT molecular complexity index is 1080. The second-order valence-corrected chi connectivity index (χ2v) is 7.43. The van der Waals surface area contributed by atoms with Gasteiger partial charge in [0.15, 0.2) is 5.65 Å². The minimum atomic E-state index is 0.229. The first-order valence-electron chi connectivity index (χ1n) is 9.49. The number of fused-ring (bicyclic) bond motifs is 1. The molecular weight excluding hydrogens is 376 g/mol. The third kappa shape index (κ3) is 3.36. The lowest BCUT2D eigenvalue weighted by atomic mass is 9.98. The number of H-pyrrole nitrogens is 1. The van der Waals surface area contributed by atoms with Crippen LogP contribution in [-0.4, -0.2) is 26.0 Å². The lowest BCUT2D eigenvalue weighted by Crippen LogP contribution is -2.20. The maximum atomic E-state index is 6.50. The molecule has 0 spiro atoms. The maximum absolute atomic E-state index is 6.50. The van der Waals surface area contributed by atoms with Crippen LogP contribution >= 0.6 is 11.6 Å². The van der Waals surface area contributed by atoms with E-state index >= 15 is 0 Å². The molecule has 0 radical (unpaired) electrons. The molecule has 1 aliphatic carbocycles. The van der Waals surface area contributed by atoms with Crippen LogP contribution in [0.2, 0.25) is 5.02 Å². The number of pyridine rings is 1.